The maximum Gasteiger partial charge on any atom is 0.303 e. The zero-order chi connectivity index (χ0) is 25.9. The van der Waals surface area contributed by atoms with Crippen molar-refractivity contribution in [2.24, 2.45) is 0 Å². The highest BCUT2D eigenvalue weighted by Crippen LogP contribution is 2.36. The number of thiazole rings is 1. The van der Waals surface area contributed by atoms with Crippen LogP contribution in [0.5, 0.6) is 0 Å². The van der Waals surface area contributed by atoms with Crippen molar-refractivity contribution >= 4 is 55.3 Å². The average Bonchev–Trinajstić information content (AvgIpc) is 3.19. The van der Waals surface area contributed by atoms with Gasteiger partial charge in [0.2, 0.25) is 19.6 Å². The lowest BCUT2D eigenvalue weighted by molar-refractivity contribution is -0.238. The number of para-hydroxylation sites is 1. The SMILES string of the molecule is CC(=O)OC[C@H]1O[C@@H](S(=O)(=O)c2nc3ccccc3s2)[C@H](OC(C)=O)[C@@H](OC(C)=O)[C@@H]1OC(C)=O. The molecule has 0 spiro atoms. The first-order valence-electron chi connectivity index (χ1n) is 10.3. The second-order valence-corrected chi connectivity index (χ2v) is 10.8. The number of aromatic nitrogens is 1. The van der Waals surface area contributed by atoms with Crippen molar-refractivity contribution in [1.82, 2.24) is 4.98 Å². The van der Waals surface area contributed by atoms with Gasteiger partial charge in [0.25, 0.3) is 0 Å². The van der Waals surface area contributed by atoms with Crippen LogP contribution < -0.4 is 0 Å². The molecule has 0 radical (unpaired) electrons. The Balaban J connectivity index is 2.13. The first-order valence-corrected chi connectivity index (χ1v) is 12.7. The lowest BCUT2D eigenvalue weighted by Gasteiger charge is -2.43. The van der Waals surface area contributed by atoms with Gasteiger partial charge < -0.3 is 23.7 Å². The van der Waals surface area contributed by atoms with E-state index < -0.39 is 70.2 Å². The number of fused-ring (bicyclic) bond motifs is 1. The molecule has 1 aliphatic heterocycles. The van der Waals surface area contributed by atoms with Crippen molar-refractivity contribution < 1.29 is 51.3 Å². The Morgan fingerprint density at radius 3 is 2.03 bits per heavy atom. The Bertz CT molecular complexity index is 1210. The number of carbonyl (C=O) groups excluding carboxylic acids is 4. The van der Waals surface area contributed by atoms with Crippen molar-refractivity contribution in [2.45, 2.75) is 61.9 Å². The number of hydrogen-bond donors (Lipinski definition) is 0. The standard InChI is InChI=1S/C21H23NO11S2/c1-10(23)29-9-15-17(30-11(2)24)18(31-12(3)25)19(32-13(4)26)20(33-15)35(27,28)21-22-14-7-5-6-8-16(14)34-21/h5-8,15,17-20H,9H2,1-4H3/t15-,17-,18+,19-,20+/m1/s1. The number of ether oxygens (including phenoxy) is 5. The normalized spacial score (nSPS) is 24.4. The summed E-state index contributed by atoms with van der Waals surface area (Å²) in [7, 11) is -4.48. The summed E-state index contributed by atoms with van der Waals surface area (Å²) in [5.74, 6) is -3.31. The van der Waals surface area contributed by atoms with Gasteiger partial charge in [-0.25, -0.2) is 13.4 Å². The maximum atomic E-state index is 13.7. The zero-order valence-electron chi connectivity index (χ0n) is 19.2. The minimum Gasteiger partial charge on any atom is -0.463 e. The van der Waals surface area contributed by atoms with Crippen molar-refractivity contribution in [2.75, 3.05) is 6.61 Å². The number of rotatable bonds is 7. The van der Waals surface area contributed by atoms with Crippen LogP contribution in [0.15, 0.2) is 28.6 Å². The Morgan fingerprint density at radius 2 is 1.46 bits per heavy atom. The number of benzene rings is 1. The predicted molar refractivity (Wildman–Crippen MR) is 119 cm³/mol. The highest BCUT2D eigenvalue weighted by molar-refractivity contribution is 7.94. The van der Waals surface area contributed by atoms with Crippen molar-refractivity contribution in [3.05, 3.63) is 24.3 Å². The molecule has 12 nitrogen and oxygen atoms in total. The molecule has 1 saturated heterocycles. The summed E-state index contributed by atoms with van der Waals surface area (Å²) >= 11 is 0.867. The number of carbonyl (C=O) groups is 4. The van der Waals surface area contributed by atoms with Crippen LogP contribution in [0.3, 0.4) is 0 Å². The van der Waals surface area contributed by atoms with Gasteiger partial charge in [0.15, 0.2) is 18.3 Å². The molecule has 1 fully saturated rings. The minimum atomic E-state index is -4.48. The summed E-state index contributed by atoms with van der Waals surface area (Å²) in [5.41, 5.74) is -1.51. The van der Waals surface area contributed by atoms with Gasteiger partial charge in [-0.1, -0.05) is 12.1 Å². The molecule has 3 rings (SSSR count). The molecule has 35 heavy (non-hydrogen) atoms. The monoisotopic (exact) mass is 529 g/mol. The highest BCUT2D eigenvalue weighted by Gasteiger charge is 2.57. The van der Waals surface area contributed by atoms with E-state index >= 15 is 0 Å². The Kier molecular flexibility index (Phi) is 8.07. The number of esters is 4. The second kappa shape index (κ2) is 10.7. The van der Waals surface area contributed by atoms with Gasteiger partial charge in [-0.15, -0.1) is 11.3 Å². The summed E-state index contributed by atoms with van der Waals surface area (Å²) < 4.78 is 54.1. The van der Waals surface area contributed by atoms with E-state index in [1.165, 1.54) is 0 Å². The fraction of sp³-hybridized carbons (Fsp3) is 0.476. The second-order valence-electron chi connectivity index (χ2n) is 7.56. The van der Waals surface area contributed by atoms with Crippen molar-refractivity contribution in [3.8, 4) is 0 Å². The number of nitrogens with zero attached hydrogens (tertiary/aromatic N) is 1. The molecule has 14 heteroatoms. The average molecular weight is 530 g/mol. The summed E-state index contributed by atoms with van der Waals surface area (Å²) in [6, 6.07) is 6.70. The lowest BCUT2D eigenvalue weighted by Crippen LogP contribution is -2.64. The van der Waals surface area contributed by atoms with E-state index in [2.05, 4.69) is 4.98 Å². The van der Waals surface area contributed by atoms with Crippen LogP contribution in [0.1, 0.15) is 27.7 Å². The maximum absolute atomic E-state index is 13.7. The van der Waals surface area contributed by atoms with E-state index in [1.54, 1.807) is 24.3 Å². The molecule has 0 saturated carbocycles. The fourth-order valence-electron chi connectivity index (χ4n) is 3.51. The summed E-state index contributed by atoms with van der Waals surface area (Å²) in [4.78, 5) is 51.2. The molecule has 0 N–H and O–H groups in total. The van der Waals surface area contributed by atoms with Crippen LogP contribution in [-0.2, 0) is 52.7 Å². The molecule has 1 aliphatic rings. The van der Waals surface area contributed by atoms with Crippen LogP contribution in [-0.4, -0.2) is 73.7 Å². The third-order valence-corrected chi connectivity index (χ3v) is 8.12. The molecule has 2 aromatic rings. The quantitative estimate of drug-likeness (QED) is 0.372. The van der Waals surface area contributed by atoms with Gasteiger partial charge in [0.05, 0.1) is 10.2 Å². The van der Waals surface area contributed by atoms with Crippen LogP contribution in [0.25, 0.3) is 10.2 Å². The first-order chi connectivity index (χ1) is 16.4. The molecule has 2 heterocycles. The van der Waals surface area contributed by atoms with E-state index in [9.17, 15) is 27.6 Å². The Labute approximate surface area is 204 Å². The molecule has 0 unspecified atom stereocenters. The summed E-state index contributed by atoms with van der Waals surface area (Å²) in [5, 5.41) is 0. The van der Waals surface area contributed by atoms with Gasteiger partial charge in [-0.3, -0.25) is 19.2 Å². The van der Waals surface area contributed by atoms with Gasteiger partial charge in [0, 0.05) is 27.7 Å². The summed E-state index contributed by atoms with van der Waals surface area (Å²) in [6.07, 6.45) is -6.16. The van der Waals surface area contributed by atoms with E-state index in [1.807, 2.05) is 0 Å². The third-order valence-electron chi connectivity index (χ3n) is 4.77. The Morgan fingerprint density at radius 1 is 0.886 bits per heavy atom. The Hall–Kier alpha value is -3.10. The largest absolute Gasteiger partial charge is 0.463 e. The molecule has 0 amide bonds. The van der Waals surface area contributed by atoms with E-state index in [-0.39, 0.29) is 4.34 Å². The smallest absolute Gasteiger partial charge is 0.303 e. The predicted octanol–water partition coefficient (Wildman–Crippen LogP) is 1.15. The highest BCUT2D eigenvalue weighted by atomic mass is 32.2. The number of sulfone groups is 1. The number of hydrogen-bond acceptors (Lipinski definition) is 13. The molecular formula is C21H23NO11S2. The van der Waals surface area contributed by atoms with Gasteiger partial charge >= 0.3 is 23.9 Å². The first kappa shape index (κ1) is 26.5. The van der Waals surface area contributed by atoms with Crippen molar-refractivity contribution in [1.29, 1.82) is 0 Å². The van der Waals surface area contributed by atoms with Crippen LogP contribution in [0, 0.1) is 0 Å². The molecule has 1 aromatic carbocycles. The van der Waals surface area contributed by atoms with Crippen molar-refractivity contribution in [3.63, 3.8) is 0 Å². The molecule has 5 atom stereocenters. The van der Waals surface area contributed by atoms with E-state index in [4.69, 9.17) is 23.7 Å². The molecule has 0 bridgehead atoms. The lowest BCUT2D eigenvalue weighted by atomic mass is 9.99. The topological polar surface area (TPSA) is 161 Å². The minimum absolute atomic E-state index is 0.334. The third kappa shape index (κ3) is 6.13. The molecule has 0 aliphatic carbocycles. The van der Waals surface area contributed by atoms with Gasteiger partial charge in [0.1, 0.15) is 12.7 Å². The van der Waals surface area contributed by atoms with Crippen LogP contribution in [0.2, 0.25) is 0 Å². The van der Waals surface area contributed by atoms with Crippen LogP contribution >= 0.6 is 11.3 Å². The molecule has 1 aromatic heterocycles. The van der Waals surface area contributed by atoms with Gasteiger partial charge in [-0.2, -0.15) is 0 Å². The van der Waals surface area contributed by atoms with Crippen LogP contribution in [0.4, 0.5) is 0 Å². The zero-order valence-corrected chi connectivity index (χ0v) is 20.8. The van der Waals surface area contributed by atoms with E-state index in [0.29, 0.717) is 10.2 Å². The van der Waals surface area contributed by atoms with E-state index in [0.717, 1.165) is 39.0 Å². The fourth-order valence-corrected chi connectivity index (χ4v) is 6.50. The summed E-state index contributed by atoms with van der Waals surface area (Å²) in [6.45, 7) is 3.72. The van der Waals surface area contributed by atoms with Gasteiger partial charge in [-0.05, 0) is 12.1 Å². The molecule has 190 valence electrons. The molecular weight excluding hydrogens is 506 g/mol.